The number of aromatic nitrogens is 2. The Morgan fingerprint density at radius 2 is 2.11 bits per heavy atom. The molecule has 19 heavy (non-hydrogen) atoms. The number of nitrogens with one attached hydrogen (secondary N) is 1. The molecule has 7 nitrogen and oxygen atoms in total. The van der Waals surface area contributed by atoms with Gasteiger partial charge in [0.2, 0.25) is 5.69 Å². The number of aryl methyl sites for hydroxylation is 2. The van der Waals surface area contributed by atoms with Gasteiger partial charge in [-0.25, -0.2) is 0 Å². The summed E-state index contributed by atoms with van der Waals surface area (Å²) in [5.41, 5.74) is 0.0511. The number of carbonyl (C=O) groups is 1. The van der Waals surface area contributed by atoms with Gasteiger partial charge in [0, 0.05) is 13.6 Å². The van der Waals surface area contributed by atoms with Crippen LogP contribution in [0.1, 0.15) is 48.8 Å². The van der Waals surface area contributed by atoms with E-state index in [1.165, 1.54) is 18.7 Å². The Hall–Kier alpha value is -1.92. The third-order valence-corrected chi connectivity index (χ3v) is 2.90. The molecule has 1 aromatic rings. The number of rotatable bonds is 7. The van der Waals surface area contributed by atoms with E-state index in [4.69, 9.17) is 0 Å². The van der Waals surface area contributed by atoms with Crippen molar-refractivity contribution in [1.29, 1.82) is 0 Å². The SMILES string of the molecule is CCCCCCNC(=O)c1c([N+](=O)[O-])c(C)nn1C. The normalized spacial score (nSPS) is 10.5. The Morgan fingerprint density at radius 3 is 2.68 bits per heavy atom. The molecular formula is C12H20N4O3. The van der Waals surface area contributed by atoms with Crippen LogP contribution >= 0.6 is 0 Å². The average Bonchev–Trinajstić information content (AvgIpc) is 2.63. The van der Waals surface area contributed by atoms with Crippen molar-refractivity contribution in [3.05, 3.63) is 21.5 Å². The van der Waals surface area contributed by atoms with Gasteiger partial charge in [-0.15, -0.1) is 0 Å². The number of hydrogen-bond acceptors (Lipinski definition) is 4. The van der Waals surface area contributed by atoms with Crippen LogP contribution in [0.25, 0.3) is 0 Å². The van der Waals surface area contributed by atoms with Crippen molar-refractivity contribution >= 4 is 11.6 Å². The van der Waals surface area contributed by atoms with Crippen LogP contribution in [0.3, 0.4) is 0 Å². The van der Waals surface area contributed by atoms with E-state index in [9.17, 15) is 14.9 Å². The standard InChI is InChI=1S/C12H20N4O3/c1-4-5-6-7-8-13-12(17)11-10(16(18)19)9(2)14-15(11)3/h4-8H2,1-3H3,(H,13,17). The average molecular weight is 268 g/mol. The number of nitro groups is 1. The van der Waals surface area contributed by atoms with Crippen molar-refractivity contribution < 1.29 is 9.72 Å². The number of hydrogen-bond donors (Lipinski definition) is 1. The van der Waals surface area contributed by atoms with E-state index < -0.39 is 10.8 Å². The molecule has 0 unspecified atom stereocenters. The molecule has 1 heterocycles. The molecule has 0 saturated carbocycles. The lowest BCUT2D eigenvalue weighted by molar-refractivity contribution is -0.385. The van der Waals surface area contributed by atoms with Crippen molar-refractivity contribution in [3.63, 3.8) is 0 Å². The Morgan fingerprint density at radius 1 is 1.42 bits per heavy atom. The first-order chi connectivity index (χ1) is 8.99. The topological polar surface area (TPSA) is 90.1 Å². The maximum absolute atomic E-state index is 12.0. The lowest BCUT2D eigenvalue weighted by Crippen LogP contribution is -2.27. The molecule has 1 aromatic heterocycles. The van der Waals surface area contributed by atoms with Gasteiger partial charge >= 0.3 is 5.69 Å². The minimum absolute atomic E-state index is 0.0120. The molecule has 106 valence electrons. The third-order valence-electron chi connectivity index (χ3n) is 2.90. The molecule has 0 aliphatic rings. The van der Waals surface area contributed by atoms with Crippen LogP contribution < -0.4 is 5.32 Å². The second-order valence-corrected chi connectivity index (χ2v) is 4.48. The number of unbranched alkanes of at least 4 members (excludes halogenated alkanes) is 3. The van der Waals surface area contributed by atoms with Gasteiger partial charge < -0.3 is 5.32 Å². The van der Waals surface area contributed by atoms with Crippen LogP contribution in [0.4, 0.5) is 5.69 Å². The van der Waals surface area contributed by atoms with E-state index >= 15 is 0 Å². The molecule has 7 heteroatoms. The van der Waals surface area contributed by atoms with Crippen LogP contribution in [0, 0.1) is 17.0 Å². The lowest BCUT2D eigenvalue weighted by Gasteiger charge is -2.04. The maximum atomic E-state index is 12.0. The van der Waals surface area contributed by atoms with E-state index in [-0.39, 0.29) is 17.1 Å². The summed E-state index contributed by atoms with van der Waals surface area (Å²) in [5.74, 6) is -0.439. The summed E-state index contributed by atoms with van der Waals surface area (Å²) in [5, 5.41) is 17.6. The predicted molar refractivity (Wildman–Crippen MR) is 71.1 cm³/mol. The van der Waals surface area contributed by atoms with Crippen LogP contribution in [0.5, 0.6) is 0 Å². The smallest absolute Gasteiger partial charge is 0.322 e. The van der Waals surface area contributed by atoms with Crippen LogP contribution in [0.2, 0.25) is 0 Å². The molecule has 0 aromatic carbocycles. The molecule has 1 amide bonds. The highest BCUT2D eigenvalue weighted by Crippen LogP contribution is 2.21. The molecule has 0 saturated heterocycles. The van der Waals surface area contributed by atoms with E-state index in [0.29, 0.717) is 6.54 Å². The van der Waals surface area contributed by atoms with Gasteiger partial charge in [0.1, 0.15) is 5.69 Å². The third kappa shape index (κ3) is 3.77. The molecule has 0 aliphatic carbocycles. The maximum Gasteiger partial charge on any atom is 0.322 e. The zero-order chi connectivity index (χ0) is 14.4. The molecule has 0 bridgehead atoms. The predicted octanol–water partition coefficient (Wildman–Crippen LogP) is 1.95. The summed E-state index contributed by atoms with van der Waals surface area (Å²) in [6.07, 6.45) is 4.18. The molecule has 1 rings (SSSR count). The van der Waals surface area contributed by atoms with Gasteiger partial charge in [0.05, 0.1) is 4.92 Å². The van der Waals surface area contributed by atoms with Gasteiger partial charge in [0.25, 0.3) is 5.91 Å². The molecule has 1 N–H and O–H groups in total. The Balaban J connectivity index is 2.69. The fraction of sp³-hybridized carbons (Fsp3) is 0.667. The highest BCUT2D eigenvalue weighted by atomic mass is 16.6. The van der Waals surface area contributed by atoms with Crippen LogP contribution in [-0.4, -0.2) is 27.2 Å². The number of amides is 1. The number of carbonyl (C=O) groups excluding carboxylic acids is 1. The zero-order valence-electron chi connectivity index (χ0n) is 11.6. The van der Waals surface area contributed by atoms with Crippen molar-refractivity contribution in [2.75, 3.05) is 6.54 Å². The first-order valence-electron chi connectivity index (χ1n) is 6.45. The summed E-state index contributed by atoms with van der Waals surface area (Å²) in [7, 11) is 1.53. The van der Waals surface area contributed by atoms with Gasteiger partial charge in [0.15, 0.2) is 0 Å². The largest absolute Gasteiger partial charge is 0.350 e. The van der Waals surface area contributed by atoms with Gasteiger partial charge in [-0.3, -0.25) is 19.6 Å². The van der Waals surface area contributed by atoms with Crippen LogP contribution in [-0.2, 0) is 7.05 Å². The monoisotopic (exact) mass is 268 g/mol. The molecule has 0 atom stereocenters. The quantitative estimate of drug-likeness (QED) is 0.465. The minimum Gasteiger partial charge on any atom is -0.350 e. The fourth-order valence-electron chi connectivity index (χ4n) is 1.96. The first kappa shape index (κ1) is 15.1. The first-order valence-corrected chi connectivity index (χ1v) is 6.45. The zero-order valence-corrected chi connectivity index (χ0v) is 11.6. The molecule has 0 fully saturated rings. The molecule has 0 spiro atoms. The summed E-state index contributed by atoms with van der Waals surface area (Å²) in [4.78, 5) is 22.3. The summed E-state index contributed by atoms with van der Waals surface area (Å²) >= 11 is 0. The Bertz CT molecular complexity index is 468. The van der Waals surface area contributed by atoms with E-state index in [1.54, 1.807) is 0 Å². The summed E-state index contributed by atoms with van der Waals surface area (Å²) in [6, 6.07) is 0. The Labute approximate surface area is 112 Å². The highest BCUT2D eigenvalue weighted by molar-refractivity contribution is 5.96. The molecular weight excluding hydrogens is 248 g/mol. The summed E-state index contributed by atoms with van der Waals surface area (Å²) < 4.78 is 1.26. The van der Waals surface area contributed by atoms with E-state index in [2.05, 4.69) is 17.3 Å². The minimum atomic E-state index is -0.561. The summed E-state index contributed by atoms with van der Waals surface area (Å²) in [6.45, 7) is 4.16. The van der Waals surface area contributed by atoms with Gasteiger partial charge in [-0.05, 0) is 13.3 Å². The van der Waals surface area contributed by atoms with E-state index in [0.717, 1.165) is 25.7 Å². The van der Waals surface area contributed by atoms with E-state index in [1.807, 2.05) is 0 Å². The second kappa shape index (κ2) is 6.86. The van der Waals surface area contributed by atoms with Crippen molar-refractivity contribution in [1.82, 2.24) is 15.1 Å². The van der Waals surface area contributed by atoms with Crippen molar-refractivity contribution in [2.24, 2.45) is 7.05 Å². The van der Waals surface area contributed by atoms with Gasteiger partial charge in [-0.1, -0.05) is 26.2 Å². The molecule has 0 radical (unpaired) electrons. The van der Waals surface area contributed by atoms with Crippen molar-refractivity contribution in [3.8, 4) is 0 Å². The number of nitrogens with zero attached hydrogens (tertiary/aromatic N) is 3. The lowest BCUT2D eigenvalue weighted by atomic mass is 10.2. The van der Waals surface area contributed by atoms with Gasteiger partial charge in [-0.2, -0.15) is 5.10 Å². The highest BCUT2D eigenvalue weighted by Gasteiger charge is 2.28. The van der Waals surface area contributed by atoms with Crippen LogP contribution in [0.15, 0.2) is 0 Å². The second-order valence-electron chi connectivity index (χ2n) is 4.48. The molecule has 0 aliphatic heterocycles. The Kier molecular flexibility index (Phi) is 5.47. The fourth-order valence-corrected chi connectivity index (χ4v) is 1.96. The van der Waals surface area contributed by atoms with Crippen molar-refractivity contribution in [2.45, 2.75) is 39.5 Å².